The Morgan fingerprint density at radius 1 is 1.42 bits per heavy atom. The summed E-state index contributed by atoms with van der Waals surface area (Å²) < 4.78 is 9.96. The molecule has 0 spiro atoms. The molecule has 5 heteroatoms. The highest BCUT2D eigenvalue weighted by Gasteiger charge is 2.08. The predicted octanol–water partition coefficient (Wildman–Crippen LogP) is 2.12. The van der Waals surface area contributed by atoms with Gasteiger partial charge in [0.05, 0.1) is 0 Å². The quantitative estimate of drug-likeness (QED) is 0.519. The number of ether oxygens (including phenoxy) is 1. The van der Waals surface area contributed by atoms with Crippen LogP contribution in [0.5, 0.6) is 5.75 Å². The Balaban J connectivity index is 2.37. The van der Waals surface area contributed by atoms with Gasteiger partial charge in [0.15, 0.2) is 0 Å². The Hall–Kier alpha value is -2.56. The molecule has 0 fully saturated rings. The molecule has 5 nitrogen and oxygen atoms in total. The molecule has 1 aromatic heterocycles. The van der Waals surface area contributed by atoms with Gasteiger partial charge in [-0.15, -0.1) is 0 Å². The van der Waals surface area contributed by atoms with Gasteiger partial charge in [-0.25, -0.2) is 9.59 Å². The maximum absolute atomic E-state index is 11.4. The number of carbonyl (C=O) groups excluding carboxylic acids is 1. The maximum atomic E-state index is 11.4. The van der Waals surface area contributed by atoms with Crippen molar-refractivity contribution in [1.29, 1.82) is 0 Å². The lowest BCUT2D eigenvalue weighted by molar-refractivity contribution is -0.138. The molecule has 0 bridgehead atoms. The van der Waals surface area contributed by atoms with Crippen molar-refractivity contribution in [2.24, 2.45) is 0 Å². The van der Waals surface area contributed by atoms with E-state index in [4.69, 9.17) is 9.15 Å². The molecule has 0 unspecified atom stereocenters. The van der Waals surface area contributed by atoms with E-state index in [0.717, 1.165) is 0 Å². The predicted molar refractivity (Wildman–Crippen MR) is 68.8 cm³/mol. The highest BCUT2D eigenvalue weighted by molar-refractivity contribution is 5.83. The standard InChI is InChI=1S/C14H12O5/c1-2-3-13(16)18-8-9-6-14(17)19-12-7-10(15)4-5-11(9)12/h2-7,15H,8H2,1H3. The molecule has 98 valence electrons. The fraction of sp³-hybridized carbons (Fsp3) is 0.143. The van der Waals surface area contributed by atoms with E-state index >= 15 is 0 Å². The molecule has 0 aliphatic carbocycles. The number of esters is 1. The van der Waals surface area contributed by atoms with Gasteiger partial charge < -0.3 is 14.3 Å². The number of benzene rings is 1. The molecule has 1 N–H and O–H groups in total. The third kappa shape index (κ3) is 3.01. The van der Waals surface area contributed by atoms with Gasteiger partial charge >= 0.3 is 11.6 Å². The van der Waals surface area contributed by atoms with Crippen LogP contribution in [-0.4, -0.2) is 11.1 Å². The van der Waals surface area contributed by atoms with E-state index < -0.39 is 11.6 Å². The van der Waals surface area contributed by atoms with Gasteiger partial charge in [-0.1, -0.05) is 6.08 Å². The Kier molecular flexibility index (Phi) is 3.66. The van der Waals surface area contributed by atoms with Crippen LogP contribution in [0.4, 0.5) is 0 Å². The van der Waals surface area contributed by atoms with Gasteiger partial charge in [0, 0.05) is 29.2 Å². The summed E-state index contributed by atoms with van der Waals surface area (Å²) in [4.78, 5) is 22.6. The van der Waals surface area contributed by atoms with Crippen LogP contribution in [0.2, 0.25) is 0 Å². The molecule has 0 aliphatic rings. The third-order valence-electron chi connectivity index (χ3n) is 2.49. The van der Waals surface area contributed by atoms with Crippen molar-refractivity contribution in [1.82, 2.24) is 0 Å². The monoisotopic (exact) mass is 260 g/mol. The molecule has 1 aromatic carbocycles. The lowest BCUT2D eigenvalue weighted by Gasteiger charge is -2.05. The van der Waals surface area contributed by atoms with Crippen LogP contribution >= 0.6 is 0 Å². The van der Waals surface area contributed by atoms with E-state index in [1.807, 2.05) is 0 Å². The van der Waals surface area contributed by atoms with Gasteiger partial charge in [-0.2, -0.15) is 0 Å². The molecule has 0 atom stereocenters. The van der Waals surface area contributed by atoms with Crippen LogP contribution < -0.4 is 5.63 Å². The average molecular weight is 260 g/mol. The molecule has 19 heavy (non-hydrogen) atoms. The molecule has 0 aliphatic heterocycles. The zero-order valence-corrected chi connectivity index (χ0v) is 10.3. The topological polar surface area (TPSA) is 76.7 Å². The second kappa shape index (κ2) is 5.39. The number of fused-ring (bicyclic) bond motifs is 1. The van der Waals surface area contributed by atoms with Crippen LogP contribution in [0.25, 0.3) is 11.0 Å². The fourth-order valence-electron chi connectivity index (χ4n) is 1.67. The number of phenolic OH excluding ortho intramolecular Hbond substituents is 1. The highest BCUT2D eigenvalue weighted by Crippen LogP contribution is 2.22. The normalized spacial score (nSPS) is 11.0. The number of carbonyl (C=O) groups is 1. The minimum Gasteiger partial charge on any atom is -0.508 e. The summed E-state index contributed by atoms with van der Waals surface area (Å²) in [6.45, 7) is 1.67. The molecule has 1 heterocycles. The van der Waals surface area contributed by atoms with Gasteiger partial charge in [-0.05, 0) is 19.1 Å². The first-order valence-electron chi connectivity index (χ1n) is 5.65. The molecule has 0 radical (unpaired) electrons. The Morgan fingerprint density at radius 2 is 2.21 bits per heavy atom. The molecule has 0 saturated heterocycles. The van der Waals surface area contributed by atoms with Crippen molar-refractivity contribution in [2.45, 2.75) is 13.5 Å². The van der Waals surface area contributed by atoms with Crippen LogP contribution in [0.15, 0.2) is 45.6 Å². The molecular weight excluding hydrogens is 248 g/mol. The average Bonchev–Trinajstić information content (AvgIpc) is 2.35. The number of rotatable bonds is 3. The first-order valence-corrected chi connectivity index (χ1v) is 5.65. The number of hydrogen-bond acceptors (Lipinski definition) is 5. The first-order chi connectivity index (χ1) is 9.10. The van der Waals surface area contributed by atoms with E-state index in [0.29, 0.717) is 10.9 Å². The number of aromatic hydroxyl groups is 1. The zero-order chi connectivity index (χ0) is 13.8. The lowest BCUT2D eigenvalue weighted by Crippen LogP contribution is -2.05. The number of phenols is 1. The van der Waals surface area contributed by atoms with E-state index in [1.54, 1.807) is 19.1 Å². The summed E-state index contributed by atoms with van der Waals surface area (Å²) in [5.74, 6) is -0.485. The van der Waals surface area contributed by atoms with E-state index in [1.165, 1.54) is 24.3 Å². The van der Waals surface area contributed by atoms with Crippen molar-refractivity contribution in [2.75, 3.05) is 0 Å². The SMILES string of the molecule is CC=CC(=O)OCc1cc(=O)oc2cc(O)ccc12. The van der Waals surface area contributed by atoms with Crippen molar-refractivity contribution in [3.05, 3.63) is 52.4 Å². The highest BCUT2D eigenvalue weighted by atomic mass is 16.5. The Bertz CT molecular complexity index is 697. The van der Waals surface area contributed by atoms with E-state index in [-0.39, 0.29) is 17.9 Å². The van der Waals surface area contributed by atoms with E-state index in [2.05, 4.69) is 0 Å². The molecule has 0 saturated carbocycles. The Morgan fingerprint density at radius 3 is 2.95 bits per heavy atom. The van der Waals surface area contributed by atoms with Crippen LogP contribution in [-0.2, 0) is 16.1 Å². The minimum absolute atomic E-state index is 0.00119. The second-order valence-corrected chi connectivity index (χ2v) is 3.88. The van der Waals surface area contributed by atoms with Crippen LogP contribution in [0, 0.1) is 0 Å². The fourth-order valence-corrected chi connectivity index (χ4v) is 1.67. The number of allylic oxidation sites excluding steroid dienone is 1. The van der Waals surface area contributed by atoms with E-state index in [9.17, 15) is 14.7 Å². The van der Waals surface area contributed by atoms with Gasteiger partial charge in [-0.3, -0.25) is 0 Å². The Labute approximate surface area is 108 Å². The summed E-state index contributed by atoms with van der Waals surface area (Å²) in [5.41, 5.74) is 0.226. The van der Waals surface area contributed by atoms with Crippen molar-refractivity contribution in [3.63, 3.8) is 0 Å². The summed E-state index contributed by atoms with van der Waals surface area (Å²) in [7, 11) is 0. The van der Waals surface area contributed by atoms with Gasteiger partial charge in [0.1, 0.15) is 17.9 Å². The summed E-state index contributed by atoms with van der Waals surface area (Å²) in [5, 5.41) is 9.96. The smallest absolute Gasteiger partial charge is 0.336 e. The summed E-state index contributed by atoms with van der Waals surface area (Å²) in [6.07, 6.45) is 2.86. The second-order valence-electron chi connectivity index (χ2n) is 3.88. The van der Waals surface area contributed by atoms with Crippen LogP contribution in [0.1, 0.15) is 12.5 Å². The largest absolute Gasteiger partial charge is 0.508 e. The number of hydrogen-bond donors (Lipinski definition) is 1. The summed E-state index contributed by atoms with van der Waals surface area (Å²) in [6, 6.07) is 5.68. The van der Waals surface area contributed by atoms with Crippen LogP contribution in [0.3, 0.4) is 0 Å². The molecular formula is C14H12O5. The van der Waals surface area contributed by atoms with Crippen molar-refractivity contribution >= 4 is 16.9 Å². The minimum atomic E-state index is -0.560. The summed E-state index contributed by atoms with van der Waals surface area (Å²) >= 11 is 0. The van der Waals surface area contributed by atoms with Crippen molar-refractivity contribution < 1.29 is 19.1 Å². The zero-order valence-electron chi connectivity index (χ0n) is 10.3. The molecule has 2 rings (SSSR count). The van der Waals surface area contributed by atoms with Gasteiger partial charge in [0.25, 0.3) is 0 Å². The van der Waals surface area contributed by atoms with Gasteiger partial charge in [0.2, 0.25) is 0 Å². The first kappa shape index (κ1) is 12.9. The van der Waals surface area contributed by atoms with Crippen molar-refractivity contribution in [3.8, 4) is 5.75 Å². The molecule has 0 amide bonds. The maximum Gasteiger partial charge on any atom is 0.336 e. The molecule has 2 aromatic rings. The lowest BCUT2D eigenvalue weighted by atomic mass is 10.1. The third-order valence-corrected chi connectivity index (χ3v) is 2.49.